The van der Waals surface area contributed by atoms with Crippen molar-refractivity contribution in [2.45, 2.75) is 70.5 Å². The molecule has 29 heavy (non-hydrogen) atoms. The van der Waals surface area contributed by atoms with Crippen molar-refractivity contribution in [2.75, 3.05) is 13.2 Å². The standard InChI is InChI=1S/C22H33N3O3.ClH/c1-15-5-4-6-16(2)25(15)20(26)13-28-19-11-7-17(8-12-19)21(27)24-22(3,14-23)18-9-10-18;/h7-8,11-12,15-16,18H,4-6,9-10,13-14,23H2,1-3H3,(H,24,27);1H. The number of hydrogen-bond acceptors (Lipinski definition) is 4. The van der Waals surface area contributed by atoms with E-state index in [1.165, 1.54) is 6.42 Å². The molecule has 1 saturated carbocycles. The summed E-state index contributed by atoms with van der Waals surface area (Å²) in [5.41, 5.74) is 6.10. The van der Waals surface area contributed by atoms with Crippen LogP contribution in [0.1, 0.15) is 63.2 Å². The summed E-state index contributed by atoms with van der Waals surface area (Å²) in [6, 6.07) is 7.45. The van der Waals surface area contributed by atoms with Crippen molar-refractivity contribution in [3.8, 4) is 5.75 Å². The Bertz CT molecular complexity index is 698. The Kier molecular flexibility index (Phi) is 7.94. The van der Waals surface area contributed by atoms with Crippen LogP contribution in [-0.2, 0) is 4.79 Å². The molecule has 0 spiro atoms. The number of nitrogens with two attached hydrogens (primary N) is 1. The van der Waals surface area contributed by atoms with Crippen LogP contribution in [0.2, 0.25) is 0 Å². The summed E-state index contributed by atoms with van der Waals surface area (Å²) in [6.07, 6.45) is 5.48. The molecule has 0 bridgehead atoms. The van der Waals surface area contributed by atoms with E-state index in [1.54, 1.807) is 24.3 Å². The first kappa shape index (κ1) is 23.5. The number of ether oxygens (including phenoxy) is 1. The molecule has 162 valence electrons. The van der Waals surface area contributed by atoms with Gasteiger partial charge in [-0.15, -0.1) is 12.4 Å². The molecule has 0 radical (unpaired) electrons. The van der Waals surface area contributed by atoms with Gasteiger partial charge in [-0.25, -0.2) is 0 Å². The van der Waals surface area contributed by atoms with Crippen molar-refractivity contribution < 1.29 is 14.3 Å². The molecule has 6 nitrogen and oxygen atoms in total. The SMILES string of the molecule is CC1CCCC(C)N1C(=O)COc1ccc(C(=O)NC(C)(CN)C2CC2)cc1.Cl. The molecule has 2 aliphatic rings. The molecule has 3 atom stereocenters. The van der Waals surface area contributed by atoms with Crippen molar-refractivity contribution in [3.63, 3.8) is 0 Å². The van der Waals surface area contributed by atoms with E-state index >= 15 is 0 Å². The van der Waals surface area contributed by atoms with Gasteiger partial charge in [-0.1, -0.05) is 0 Å². The van der Waals surface area contributed by atoms with Crippen LogP contribution in [0.15, 0.2) is 24.3 Å². The number of nitrogens with zero attached hydrogens (tertiary/aromatic N) is 1. The number of carbonyl (C=O) groups excluding carboxylic acids is 2. The summed E-state index contributed by atoms with van der Waals surface area (Å²) in [5, 5.41) is 3.08. The van der Waals surface area contributed by atoms with Crippen molar-refractivity contribution in [1.29, 1.82) is 0 Å². The van der Waals surface area contributed by atoms with Crippen LogP contribution < -0.4 is 15.8 Å². The van der Waals surface area contributed by atoms with Crippen molar-refractivity contribution in [3.05, 3.63) is 29.8 Å². The highest BCUT2D eigenvalue weighted by Gasteiger charge is 2.41. The minimum absolute atomic E-state index is 0. The molecule has 3 rings (SSSR count). The monoisotopic (exact) mass is 423 g/mol. The Hall–Kier alpha value is -1.79. The fraction of sp³-hybridized carbons (Fsp3) is 0.636. The van der Waals surface area contributed by atoms with E-state index in [0.29, 0.717) is 23.8 Å². The smallest absolute Gasteiger partial charge is 0.260 e. The Labute approximate surface area is 179 Å². The third-order valence-corrected chi connectivity index (χ3v) is 6.26. The second-order valence-electron chi connectivity index (χ2n) is 8.59. The minimum Gasteiger partial charge on any atom is -0.484 e. The van der Waals surface area contributed by atoms with Crippen molar-refractivity contribution in [2.24, 2.45) is 11.7 Å². The zero-order chi connectivity index (χ0) is 20.3. The average molecular weight is 424 g/mol. The molecule has 3 N–H and O–H groups in total. The predicted octanol–water partition coefficient (Wildman–Crippen LogP) is 3.13. The molecule has 1 saturated heterocycles. The highest BCUT2D eigenvalue weighted by Crippen LogP contribution is 2.39. The lowest BCUT2D eigenvalue weighted by molar-refractivity contribution is -0.139. The summed E-state index contributed by atoms with van der Waals surface area (Å²) < 4.78 is 5.68. The molecule has 2 fully saturated rings. The van der Waals surface area contributed by atoms with Gasteiger partial charge in [0.1, 0.15) is 5.75 Å². The van der Waals surface area contributed by atoms with Gasteiger partial charge in [0.05, 0.1) is 5.54 Å². The molecule has 1 aromatic rings. The lowest BCUT2D eigenvalue weighted by atomic mass is 9.95. The fourth-order valence-electron chi connectivity index (χ4n) is 4.21. The first-order valence-corrected chi connectivity index (χ1v) is 10.4. The quantitative estimate of drug-likeness (QED) is 0.705. The number of hydrogen-bond donors (Lipinski definition) is 2. The third kappa shape index (κ3) is 5.64. The molecular weight excluding hydrogens is 390 g/mol. The first-order chi connectivity index (χ1) is 13.3. The predicted molar refractivity (Wildman–Crippen MR) is 116 cm³/mol. The van der Waals surface area contributed by atoms with Crippen LogP contribution in [0.25, 0.3) is 0 Å². The van der Waals surface area contributed by atoms with Gasteiger partial charge in [-0.05, 0) is 83.1 Å². The number of rotatable bonds is 7. The van der Waals surface area contributed by atoms with Gasteiger partial charge in [0.25, 0.3) is 11.8 Å². The van der Waals surface area contributed by atoms with Crippen LogP contribution in [0.5, 0.6) is 5.75 Å². The van der Waals surface area contributed by atoms with Crippen LogP contribution in [0.4, 0.5) is 0 Å². The van der Waals surface area contributed by atoms with Gasteiger partial charge < -0.3 is 20.7 Å². The minimum atomic E-state index is -0.347. The molecule has 1 aliphatic heterocycles. The molecule has 3 unspecified atom stereocenters. The van der Waals surface area contributed by atoms with Gasteiger partial charge in [0.2, 0.25) is 0 Å². The zero-order valence-corrected chi connectivity index (χ0v) is 18.5. The number of carbonyl (C=O) groups is 2. The topological polar surface area (TPSA) is 84.7 Å². The Morgan fingerprint density at radius 1 is 1.14 bits per heavy atom. The Morgan fingerprint density at radius 3 is 2.24 bits per heavy atom. The number of benzene rings is 1. The van der Waals surface area contributed by atoms with Crippen LogP contribution in [0, 0.1) is 5.92 Å². The molecule has 1 aromatic carbocycles. The van der Waals surface area contributed by atoms with Gasteiger partial charge in [0.15, 0.2) is 6.61 Å². The van der Waals surface area contributed by atoms with Gasteiger partial charge in [-0.2, -0.15) is 0 Å². The first-order valence-electron chi connectivity index (χ1n) is 10.4. The molecule has 7 heteroatoms. The van der Waals surface area contributed by atoms with E-state index in [4.69, 9.17) is 10.5 Å². The second kappa shape index (κ2) is 9.81. The van der Waals surface area contributed by atoms with E-state index in [0.717, 1.165) is 25.7 Å². The van der Waals surface area contributed by atoms with Gasteiger partial charge in [-0.3, -0.25) is 9.59 Å². The fourth-order valence-corrected chi connectivity index (χ4v) is 4.21. The zero-order valence-electron chi connectivity index (χ0n) is 17.6. The van der Waals surface area contributed by atoms with E-state index in [2.05, 4.69) is 19.2 Å². The summed E-state index contributed by atoms with van der Waals surface area (Å²) in [4.78, 5) is 27.0. The number of nitrogens with one attached hydrogen (secondary N) is 1. The molecule has 2 amide bonds. The van der Waals surface area contributed by atoms with Gasteiger partial charge >= 0.3 is 0 Å². The maximum atomic E-state index is 12.6. The maximum absolute atomic E-state index is 12.6. The number of piperidine rings is 1. The normalized spacial score (nSPS) is 23.5. The second-order valence-corrected chi connectivity index (χ2v) is 8.59. The molecule has 0 aromatic heterocycles. The summed E-state index contributed by atoms with van der Waals surface area (Å²) in [5.74, 6) is 0.948. The van der Waals surface area contributed by atoms with E-state index in [9.17, 15) is 9.59 Å². The lowest BCUT2D eigenvalue weighted by Gasteiger charge is -2.38. The molecule has 1 heterocycles. The van der Waals surface area contributed by atoms with Crippen molar-refractivity contribution >= 4 is 24.2 Å². The highest BCUT2D eigenvalue weighted by atomic mass is 35.5. The molecular formula is C22H34ClN3O3. The van der Waals surface area contributed by atoms with Crippen molar-refractivity contribution in [1.82, 2.24) is 10.2 Å². The summed E-state index contributed by atoms with van der Waals surface area (Å²) in [7, 11) is 0. The third-order valence-electron chi connectivity index (χ3n) is 6.26. The Morgan fingerprint density at radius 2 is 1.72 bits per heavy atom. The van der Waals surface area contributed by atoms with E-state index in [-0.39, 0.29) is 48.5 Å². The van der Waals surface area contributed by atoms with E-state index < -0.39 is 0 Å². The number of likely N-dealkylation sites (tertiary alicyclic amines) is 1. The summed E-state index contributed by atoms with van der Waals surface area (Å²) in [6.45, 7) is 6.65. The summed E-state index contributed by atoms with van der Waals surface area (Å²) >= 11 is 0. The van der Waals surface area contributed by atoms with Crippen LogP contribution in [-0.4, -0.2) is 47.5 Å². The maximum Gasteiger partial charge on any atom is 0.260 e. The number of halogens is 1. The number of amides is 2. The lowest BCUT2D eigenvalue weighted by Crippen LogP contribution is -2.53. The Balaban J connectivity index is 0.00000300. The van der Waals surface area contributed by atoms with Crippen LogP contribution >= 0.6 is 12.4 Å². The molecule has 1 aliphatic carbocycles. The van der Waals surface area contributed by atoms with Gasteiger partial charge in [0, 0.05) is 24.2 Å². The van der Waals surface area contributed by atoms with Crippen LogP contribution in [0.3, 0.4) is 0 Å². The largest absolute Gasteiger partial charge is 0.484 e. The highest BCUT2D eigenvalue weighted by molar-refractivity contribution is 5.94. The van der Waals surface area contributed by atoms with E-state index in [1.807, 2.05) is 11.8 Å². The average Bonchev–Trinajstić information content (AvgIpc) is 3.52.